The maximum Gasteiger partial charge on any atom is 0.314 e. The van der Waals surface area contributed by atoms with Gasteiger partial charge >= 0.3 is 6.41 Å². The smallest absolute Gasteiger partial charge is 0.314 e. The molecule has 2 aromatic rings. The third kappa shape index (κ3) is 3.38. The zero-order chi connectivity index (χ0) is 16.2. The van der Waals surface area contributed by atoms with E-state index in [1.165, 1.54) is 18.5 Å². The van der Waals surface area contributed by atoms with Crippen molar-refractivity contribution in [3.05, 3.63) is 58.6 Å². The van der Waals surface area contributed by atoms with Crippen LogP contribution in [-0.2, 0) is 14.8 Å². The Morgan fingerprint density at radius 1 is 1.00 bits per heavy atom. The molecule has 0 fully saturated rings. The number of nitrogens with one attached hydrogen (secondary N) is 2. The summed E-state index contributed by atoms with van der Waals surface area (Å²) in [5.74, 6) is 0. The Balaban J connectivity index is 2.31. The van der Waals surface area contributed by atoms with Crippen LogP contribution < -0.4 is 10.0 Å². The first-order valence-corrected chi connectivity index (χ1v) is 7.42. The van der Waals surface area contributed by atoms with E-state index in [4.69, 9.17) is 0 Å². The van der Waals surface area contributed by atoms with Gasteiger partial charge in [0.1, 0.15) is 0 Å². The van der Waals surface area contributed by atoms with Crippen molar-refractivity contribution >= 4 is 33.5 Å². The van der Waals surface area contributed by atoms with Crippen molar-refractivity contribution < 1.29 is 18.1 Å². The fourth-order valence-corrected chi connectivity index (χ4v) is 2.77. The minimum absolute atomic E-state index is 0.136. The number of amides is 1. The molecule has 2 aromatic carbocycles. The van der Waals surface area contributed by atoms with Crippen LogP contribution in [0.3, 0.4) is 0 Å². The second-order valence-electron chi connectivity index (χ2n) is 4.13. The van der Waals surface area contributed by atoms with Gasteiger partial charge in [0.05, 0.1) is 21.2 Å². The molecule has 0 atom stereocenters. The minimum atomic E-state index is -3.94. The molecule has 0 saturated heterocycles. The molecule has 8 nitrogen and oxygen atoms in total. The van der Waals surface area contributed by atoms with Crippen LogP contribution in [0.25, 0.3) is 0 Å². The Kier molecular flexibility index (Phi) is 4.37. The van der Waals surface area contributed by atoms with Crippen molar-refractivity contribution in [2.45, 2.75) is 4.90 Å². The fraction of sp³-hybridized carbons (Fsp3) is 0. The normalized spacial score (nSPS) is 10.7. The van der Waals surface area contributed by atoms with Crippen LogP contribution in [0.1, 0.15) is 0 Å². The summed E-state index contributed by atoms with van der Waals surface area (Å²) in [5.41, 5.74) is 0.184. The summed E-state index contributed by atoms with van der Waals surface area (Å²) < 4.78 is 26.8. The summed E-state index contributed by atoms with van der Waals surface area (Å²) in [6.45, 7) is 0. The number of hydrogen-bond acceptors (Lipinski definition) is 5. The van der Waals surface area contributed by atoms with Crippen LogP contribution in [0.15, 0.2) is 53.4 Å². The first-order chi connectivity index (χ1) is 10.4. The quantitative estimate of drug-likeness (QED) is 0.478. The van der Waals surface area contributed by atoms with Crippen LogP contribution in [-0.4, -0.2) is 19.8 Å². The van der Waals surface area contributed by atoms with Gasteiger partial charge in [-0.2, -0.15) is 0 Å². The number of benzene rings is 2. The summed E-state index contributed by atoms with van der Waals surface area (Å²) in [6.07, 6.45) is 1.46. The number of sulfonamides is 1. The van der Waals surface area contributed by atoms with Gasteiger partial charge in [-0.1, -0.05) is 12.1 Å². The largest absolute Gasteiger partial charge is 0.316 e. The van der Waals surface area contributed by atoms with E-state index in [0.29, 0.717) is 0 Å². The highest BCUT2D eigenvalue weighted by molar-refractivity contribution is 7.92. The molecule has 0 unspecified atom stereocenters. The van der Waals surface area contributed by atoms with Gasteiger partial charge in [0.2, 0.25) is 0 Å². The predicted molar refractivity (Wildman–Crippen MR) is 79.7 cm³/mol. The third-order valence-electron chi connectivity index (χ3n) is 2.71. The molecule has 0 aromatic heterocycles. The van der Waals surface area contributed by atoms with E-state index in [1.807, 2.05) is 0 Å². The number of para-hydroxylation sites is 2. The van der Waals surface area contributed by atoms with E-state index < -0.39 is 14.9 Å². The number of hydrogen-bond donors (Lipinski definition) is 2. The molecule has 22 heavy (non-hydrogen) atoms. The summed E-state index contributed by atoms with van der Waals surface area (Å²) in [4.78, 5) is 20.2. The Morgan fingerprint density at radius 2 is 1.59 bits per heavy atom. The van der Waals surface area contributed by atoms with E-state index in [9.17, 15) is 23.3 Å². The van der Waals surface area contributed by atoms with Gasteiger partial charge in [-0.05, 0) is 24.3 Å². The molecule has 0 aliphatic carbocycles. The van der Waals surface area contributed by atoms with Gasteiger partial charge in [0, 0.05) is 12.1 Å². The van der Waals surface area contributed by atoms with E-state index in [1.54, 1.807) is 12.1 Å². The summed E-state index contributed by atoms with van der Waals surface area (Å²) in [7, 11) is -3.94. The highest BCUT2D eigenvalue weighted by Crippen LogP contribution is 2.24. The van der Waals surface area contributed by atoms with Crippen LogP contribution in [0.4, 0.5) is 17.1 Å². The van der Waals surface area contributed by atoms with Gasteiger partial charge in [0.15, 0.2) is 0 Å². The van der Waals surface area contributed by atoms with Gasteiger partial charge in [-0.15, -0.1) is 0 Å². The Hall–Kier alpha value is -2.94. The SMILES string of the molecule is O=[C]Nc1ccccc1NS(=O)(=O)c1ccc([N+](=O)[O-])cc1. The third-order valence-corrected chi connectivity index (χ3v) is 4.10. The number of rotatable bonds is 6. The van der Waals surface area contributed by atoms with Crippen molar-refractivity contribution in [2.24, 2.45) is 0 Å². The van der Waals surface area contributed by atoms with Crippen LogP contribution in [0.5, 0.6) is 0 Å². The zero-order valence-electron chi connectivity index (χ0n) is 11.0. The number of anilines is 2. The standard InChI is InChI=1S/C13H10N3O5S/c17-9-14-12-3-1-2-4-13(12)15-22(20,21)11-7-5-10(6-8-11)16(18)19/h1-8,15H,(H,14,17). The molecule has 2 rings (SSSR count). The fourth-order valence-electron chi connectivity index (χ4n) is 1.69. The van der Waals surface area contributed by atoms with Crippen LogP contribution >= 0.6 is 0 Å². The Labute approximate surface area is 126 Å². The van der Waals surface area contributed by atoms with Gasteiger partial charge in [0.25, 0.3) is 15.7 Å². The monoisotopic (exact) mass is 320 g/mol. The Bertz CT molecular complexity index is 803. The first-order valence-electron chi connectivity index (χ1n) is 5.93. The molecule has 0 spiro atoms. The zero-order valence-corrected chi connectivity index (χ0v) is 11.8. The molecule has 1 amide bonds. The molecule has 2 N–H and O–H groups in total. The second-order valence-corrected chi connectivity index (χ2v) is 5.81. The summed E-state index contributed by atoms with van der Waals surface area (Å²) in [6, 6.07) is 10.6. The number of nitro benzene ring substituents is 1. The lowest BCUT2D eigenvalue weighted by atomic mass is 10.3. The topological polar surface area (TPSA) is 118 Å². The van der Waals surface area contributed by atoms with Crippen molar-refractivity contribution in [3.8, 4) is 0 Å². The van der Waals surface area contributed by atoms with E-state index >= 15 is 0 Å². The van der Waals surface area contributed by atoms with Gasteiger partial charge < -0.3 is 5.32 Å². The van der Waals surface area contributed by atoms with E-state index in [0.717, 1.165) is 24.3 Å². The van der Waals surface area contributed by atoms with Gasteiger partial charge in [-0.25, -0.2) is 8.42 Å². The lowest BCUT2D eigenvalue weighted by molar-refractivity contribution is -0.384. The average molecular weight is 320 g/mol. The highest BCUT2D eigenvalue weighted by Gasteiger charge is 2.17. The summed E-state index contributed by atoms with van der Waals surface area (Å²) in [5, 5.41) is 12.8. The Morgan fingerprint density at radius 3 is 2.14 bits per heavy atom. The van der Waals surface area contributed by atoms with E-state index in [-0.39, 0.29) is 22.0 Å². The molecular weight excluding hydrogens is 310 g/mol. The molecule has 9 heteroatoms. The maximum absolute atomic E-state index is 12.2. The van der Waals surface area contributed by atoms with E-state index in [2.05, 4.69) is 10.0 Å². The van der Waals surface area contributed by atoms with Gasteiger partial charge in [-0.3, -0.25) is 19.6 Å². The number of nitrogens with zero attached hydrogens (tertiary/aromatic N) is 1. The molecule has 0 bridgehead atoms. The summed E-state index contributed by atoms with van der Waals surface area (Å²) >= 11 is 0. The minimum Gasteiger partial charge on any atom is -0.316 e. The molecule has 0 aliphatic heterocycles. The molecule has 1 radical (unpaired) electrons. The predicted octanol–water partition coefficient (Wildman–Crippen LogP) is 1.87. The average Bonchev–Trinajstić information content (AvgIpc) is 2.49. The second kappa shape index (κ2) is 6.22. The molecule has 0 aliphatic rings. The molecule has 0 saturated carbocycles. The number of non-ortho nitro benzene ring substituents is 1. The van der Waals surface area contributed by atoms with Crippen molar-refractivity contribution in [1.29, 1.82) is 0 Å². The number of carbonyl (C=O) groups excluding carboxylic acids is 1. The lowest BCUT2D eigenvalue weighted by Crippen LogP contribution is -2.14. The maximum atomic E-state index is 12.2. The van der Waals surface area contributed by atoms with Crippen molar-refractivity contribution in [1.82, 2.24) is 0 Å². The van der Waals surface area contributed by atoms with Crippen LogP contribution in [0.2, 0.25) is 0 Å². The number of nitro groups is 1. The van der Waals surface area contributed by atoms with Crippen molar-refractivity contribution in [3.63, 3.8) is 0 Å². The lowest BCUT2D eigenvalue weighted by Gasteiger charge is -2.11. The first kappa shape index (κ1) is 15.4. The molecular formula is C13H10N3O5S. The van der Waals surface area contributed by atoms with Crippen LogP contribution in [0, 0.1) is 10.1 Å². The molecule has 0 heterocycles. The molecule has 113 valence electrons. The highest BCUT2D eigenvalue weighted by atomic mass is 32.2. The van der Waals surface area contributed by atoms with Crippen molar-refractivity contribution in [2.75, 3.05) is 10.0 Å².